The summed E-state index contributed by atoms with van der Waals surface area (Å²) in [7, 11) is 0. The van der Waals surface area contributed by atoms with Gasteiger partial charge in [0.2, 0.25) is 5.69 Å². The molecule has 4 aromatic rings. The maximum absolute atomic E-state index is 14.5. The minimum Gasteiger partial charge on any atom is -0.478 e. The van der Waals surface area contributed by atoms with Crippen LogP contribution >= 0.6 is 11.6 Å². The van der Waals surface area contributed by atoms with E-state index < -0.39 is 35.0 Å². The Morgan fingerprint density at radius 3 is 2.51 bits per heavy atom. The fourth-order valence-electron chi connectivity index (χ4n) is 3.45. The maximum atomic E-state index is 14.5. The van der Waals surface area contributed by atoms with Gasteiger partial charge in [0.05, 0.1) is 39.5 Å². The molecular weight excluding hydrogens is 485 g/mol. The number of halogens is 2. The third-order valence-corrected chi connectivity index (χ3v) is 5.39. The molecule has 0 saturated carbocycles. The second-order valence-corrected chi connectivity index (χ2v) is 7.77. The van der Waals surface area contributed by atoms with Crippen LogP contribution in [-0.2, 0) is 6.54 Å². The van der Waals surface area contributed by atoms with Gasteiger partial charge in [-0.3, -0.25) is 9.69 Å². The molecule has 0 saturated heterocycles. The molecule has 13 heteroatoms. The van der Waals surface area contributed by atoms with Gasteiger partial charge in [-0.15, -0.1) is 0 Å². The number of nitrogens with two attached hydrogens (primary N) is 1. The molecule has 5 N–H and O–H groups in total. The molecule has 0 radical (unpaired) electrons. The molecule has 0 aliphatic heterocycles. The van der Waals surface area contributed by atoms with Crippen molar-refractivity contribution in [3.05, 3.63) is 86.8 Å². The number of nitrogens with zero attached hydrogens (tertiary/aromatic N) is 3. The molecule has 35 heavy (non-hydrogen) atoms. The molecule has 2 aromatic carbocycles. The number of H-pyrrole nitrogens is 1. The lowest BCUT2D eigenvalue weighted by Crippen LogP contribution is -2.35. The number of carboxylic acid groups (broad SMARTS) is 2. The van der Waals surface area contributed by atoms with Crippen LogP contribution in [0.1, 0.15) is 26.4 Å². The molecule has 4 rings (SSSR count). The highest BCUT2D eigenvalue weighted by Gasteiger charge is 2.20. The van der Waals surface area contributed by atoms with E-state index >= 15 is 0 Å². The van der Waals surface area contributed by atoms with Crippen molar-refractivity contribution in [2.24, 2.45) is 5.73 Å². The molecule has 0 spiro atoms. The molecule has 2 aromatic heterocycles. The third kappa shape index (κ3) is 4.54. The predicted molar refractivity (Wildman–Crippen MR) is 123 cm³/mol. The van der Waals surface area contributed by atoms with Crippen molar-refractivity contribution in [3.8, 4) is 5.69 Å². The summed E-state index contributed by atoms with van der Waals surface area (Å²) >= 11 is 6.35. The number of aromatic amines is 1. The highest BCUT2D eigenvalue weighted by atomic mass is 35.5. The highest BCUT2D eigenvalue weighted by Crippen LogP contribution is 2.27. The third-order valence-electron chi connectivity index (χ3n) is 5.09. The molecule has 178 valence electrons. The van der Waals surface area contributed by atoms with Crippen LogP contribution in [0.25, 0.3) is 16.7 Å². The smallest absolute Gasteiger partial charge is 0.360 e. The van der Waals surface area contributed by atoms with E-state index in [-0.39, 0.29) is 33.9 Å². The number of benzene rings is 2. The standard InChI is InChI=1S/C22H15ClFN5O6/c23-12-6-14-15(26-18(21(33)34)19(30)27-14)7-17(12)28-4-3-10(8-28)9-29(22(25)35)16-2-1-11(20(31)32)5-13(16)24/h1-8H,9H2,(H2,25,35)(H,27,30)(H,31,32)(H,33,34). The van der Waals surface area contributed by atoms with Gasteiger partial charge in [0.25, 0.3) is 5.56 Å². The largest absolute Gasteiger partial charge is 0.478 e. The molecule has 0 aliphatic carbocycles. The van der Waals surface area contributed by atoms with E-state index in [1.54, 1.807) is 23.0 Å². The number of hydrogen-bond acceptors (Lipinski definition) is 5. The summed E-state index contributed by atoms with van der Waals surface area (Å²) in [5.41, 5.74) is 4.73. The fraction of sp³-hybridized carbons (Fsp3) is 0.0455. The van der Waals surface area contributed by atoms with Gasteiger partial charge in [0.1, 0.15) is 5.82 Å². The van der Waals surface area contributed by atoms with Crippen LogP contribution in [0.15, 0.2) is 53.6 Å². The summed E-state index contributed by atoms with van der Waals surface area (Å²) in [5, 5.41) is 18.4. The number of amides is 2. The van der Waals surface area contributed by atoms with Crippen molar-refractivity contribution in [1.82, 2.24) is 14.5 Å². The van der Waals surface area contributed by atoms with Crippen molar-refractivity contribution >= 4 is 46.3 Å². The first-order valence-corrected chi connectivity index (χ1v) is 10.2. The van der Waals surface area contributed by atoms with E-state index in [0.717, 1.165) is 23.1 Å². The number of carboxylic acids is 2. The molecule has 2 amide bonds. The van der Waals surface area contributed by atoms with E-state index in [2.05, 4.69) is 9.97 Å². The summed E-state index contributed by atoms with van der Waals surface area (Å²) in [6, 6.07) is 6.63. The Balaban J connectivity index is 1.69. The van der Waals surface area contributed by atoms with Crippen molar-refractivity contribution < 1.29 is 29.0 Å². The summed E-state index contributed by atoms with van der Waals surface area (Å²) in [6.07, 6.45) is 3.17. The number of fused-ring (bicyclic) bond motifs is 1. The van der Waals surface area contributed by atoms with Crippen LogP contribution in [0.4, 0.5) is 14.9 Å². The number of rotatable bonds is 6. The molecule has 11 nitrogen and oxygen atoms in total. The van der Waals surface area contributed by atoms with E-state index in [9.17, 15) is 23.6 Å². The highest BCUT2D eigenvalue weighted by molar-refractivity contribution is 6.33. The first-order valence-electron chi connectivity index (χ1n) is 9.79. The Labute approximate surface area is 199 Å². The summed E-state index contributed by atoms with van der Waals surface area (Å²) < 4.78 is 16.1. The van der Waals surface area contributed by atoms with Gasteiger partial charge in [-0.2, -0.15) is 0 Å². The van der Waals surface area contributed by atoms with Gasteiger partial charge in [0.15, 0.2) is 0 Å². The van der Waals surface area contributed by atoms with Gasteiger partial charge in [0, 0.05) is 12.4 Å². The van der Waals surface area contributed by atoms with E-state index in [4.69, 9.17) is 27.5 Å². The normalized spacial score (nSPS) is 10.9. The fourth-order valence-corrected chi connectivity index (χ4v) is 3.71. The van der Waals surface area contributed by atoms with Crippen LogP contribution in [0.5, 0.6) is 0 Å². The lowest BCUT2D eigenvalue weighted by Gasteiger charge is -2.20. The molecular formula is C22H15ClFN5O6. The van der Waals surface area contributed by atoms with Crippen molar-refractivity contribution in [2.75, 3.05) is 4.90 Å². The van der Waals surface area contributed by atoms with Gasteiger partial charge in [-0.25, -0.2) is 23.8 Å². The number of anilines is 1. The zero-order chi connectivity index (χ0) is 25.4. The van der Waals surface area contributed by atoms with Gasteiger partial charge < -0.3 is 25.5 Å². The summed E-state index contributed by atoms with van der Waals surface area (Å²) in [4.78, 5) is 53.4. The lowest BCUT2D eigenvalue weighted by atomic mass is 10.1. The van der Waals surface area contributed by atoms with Crippen LogP contribution in [0.2, 0.25) is 5.02 Å². The molecule has 0 aliphatic rings. The maximum Gasteiger partial charge on any atom is 0.360 e. The Morgan fingerprint density at radius 2 is 1.89 bits per heavy atom. The van der Waals surface area contributed by atoms with Crippen molar-refractivity contribution in [2.45, 2.75) is 6.54 Å². The Kier molecular flexibility index (Phi) is 5.97. The van der Waals surface area contributed by atoms with Crippen molar-refractivity contribution in [3.63, 3.8) is 0 Å². The number of aromatic nitrogens is 3. The summed E-state index contributed by atoms with van der Waals surface area (Å²) in [5.74, 6) is -3.74. The number of nitrogens with one attached hydrogen (secondary N) is 1. The first kappa shape index (κ1) is 23.4. The topological polar surface area (TPSA) is 172 Å². The SMILES string of the molecule is NC(=O)N(Cc1ccn(-c2cc3nc(C(=O)O)c(=O)[nH]c3cc2Cl)c1)c1ccc(C(=O)O)cc1F. The van der Waals surface area contributed by atoms with Crippen LogP contribution in [0, 0.1) is 5.82 Å². The lowest BCUT2D eigenvalue weighted by molar-refractivity contribution is 0.0681. The average Bonchev–Trinajstić information content (AvgIpc) is 3.25. The van der Waals surface area contributed by atoms with Gasteiger partial charge in [-0.05, 0) is 42.0 Å². The number of carbonyl (C=O) groups is 3. The zero-order valence-electron chi connectivity index (χ0n) is 17.5. The molecule has 0 unspecified atom stereocenters. The van der Waals surface area contributed by atoms with Crippen LogP contribution < -0.4 is 16.2 Å². The summed E-state index contributed by atoms with van der Waals surface area (Å²) in [6.45, 7) is -0.147. The zero-order valence-corrected chi connectivity index (χ0v) is 18.3. The Morgan fingerprint density at radius 1 is 1.14 bits per heavy atom. The minimum atomic E-state index is -1.48. The quantitative estimate of drug-likeness (QED) is 0.315. The number of hydrogen-bond donors (Lipinski definition) is 4. The van der Waals surface area contributed by atoms with E-state index in [1.807, 2.05) is 0 Å². The van der Waals surface area contributed by atoms with Crippen molar-refractivity contribution in [1.29, 1.82) is 0 Å². The first-order chi connectivity index (χ1) is 16.5. The van der Waals surface area contributed by atoms with E-state index in [1.165, 1.54) is 12.1 Å². The molecule has 0 bridgehead atoms. The second kappa shape index (κ2) is 8.91. The Bertz CT molecular complexity index is 1580. The molecule has 2 heterocycles. The van der Waals surface area contributed by atoms with E-state index in [0.29, 0.717) is 11.3 Å². The Hall–Kier alpha value is -4.71. The molecule has 0 atom stereocenters. The number of carbonyl (C=O) groups excluding carboxylic acids is 1. The van der Waals surface area contributed by atoms with Gasteiger partial charge in [-0.1, -0.05) is 11.6 Å². The number of primary amides is 1. The second-order valence-electron chi connectivity index (χ2n) is 7.36. The van der Waals surface area contributed by atoms with Gasteiger partial charge >= 0.3 is 18.0 Å². The predicted octanol–water partition coefficient (Wildman–Crippen LogP) is 2.99. The van der Waals surface area contributed by atoms with Crippen LogP contribution in [-0.4, -0.2) is 42.7 Å². The minimum absolute atomic E-state index is 0.147. The number of aromatic carboxylic acids is 2. The number of urea groups is 1. The molecule has 0 fully saturated rings. The van der Waals surface area contributed by atoms with Crippen LogP contribution in [0.3, 0.4) is 0 Å². The average molecular weight is 500 g/mol. The monoisotopic (exact) mass is 499 g/mol.